The summed E-state index contributed by atoms with van der Waals surface area (Å²) in [6.45, 7) is 2.95. The molecule has 8 heteroatoms. The molecular weight excluding hydrogens is 271 g/mol. The van der Waals surface area contributed by atoms with Crippen LogP contribution in [0, 0.1) is 0 Å². The summed E-state index contributed by atoms with van der Waals surface area (Å²) < 4.78 is 38.8. The zero-order valence-electron chi connectivity index (χ0n) is 11.7. The van der Waals surface area contributed by atoms with Crippen LogP contribution in [0.2, 0.25) is 0 Å². The van der Waals surface area contributed by atoms with Crippen LogP contribution in [0.1, 0.15) is 12.6 Å². The molecule has 1 aromatic heterocycles. The number of nitrogens with zero attached hydrogens (tertiary/aromatic N) is 4. The fourth-order valence-corrected chi connectivity index (χ4v) is 2.59. The second-order valence-electron chi connectivity index (χ2n) is 5.04. The van der Waals surface area contributed by atoms with Gasteiger partial charge in [-0.1, -0.05) is 6.92 Å². The van der Waals surface area contributed by atoms with Gasteiger partial charge in [-0.15, -0.1) is 0 Å². The fourth-order valence-electron chi connectivity index (χ4n) is 2.59. The van der Waals surface area contributed by atoms with Crippen LogP contribution < -0.4 is 10.6 Å². The Kier molecular flexibility index (Phi) is 4.12. The van der Waals surface area contributed by atoms with E-state index in [-0.39, 0.29) is 0 Å². The summed E-state index contributed by atoms with van der Waals surface area (Å²) in [5.74, 6) is 0.813. The van der Waals surface area contributed by atoms with Crippen molar-refractivity contribution in [2.45, 2.75) is 19.5 Å². The first-order valence-electron chi connectivity index (χ1n) is 6.67. The molecule has 0 aliphatic carbocycles. The first-order chi connectivity index (χ1) is 9.31. The smallest absolute Gasteiger partial charge is 0.394 e. The molecule has 1 saturated heterocycles. The molecule has 0 saturated carbocycles. The number of nitrogen functional groups attached to an aromatic ring is 1. The molecule has 1 aliphatic rings. The lowest BCUT2D eigenvalue weighted by atomic mass is 10.2. The standard InChI is InChI=1S/C12H20F3N5/c1-3-9-10(16)11(18(2)17-9)20-6-4-19(5-7-20)8-12(13,14)15/h3-8,16H2,1-2H3. The Balaban J connectivity index is 2.02. The number of anilines is 2. The number of hydrogen-bond acceptors (Lipinski definition) is 4. The minimum Gasteiger partial charge on any atom is -0.394 e. The van der Waals surface area contributed by atoms with Gasteiger partial charge in [0.15, 0.2) is 0 Å². The van der Waals surface area contributed by atoms with E-state index in [0.717, 1.165) is 17.9 Å². The Hall–Kier alpha value is -1.44. The van der Waals surface area contributed by atoms with Crippen molar-refractivity contribution < 1.29 is 13.2 Å². The van der Waals surface area contributed by atoms with E-state index in [1.807, 2.05) is 18.9 Å². The molecule has 5 nitrogen and oxygen atoms in total. The average Bonchev–Trinajstić information content (AvgIpc) is 2.64. The average molecular weight is 291 g/mol. The Morgan fingerprint density at radius 2 is 1.80 bits per heavy atom. The molecule has 1 aromatic rings. The van der Waals surface area contributed by atoms with Gasteiger partial charge < -0.3 is 10.6 Å². The van der Waals surface area contributed by atoms with E-state index in [4.69, 9.17) is 5.73 Å². The topological polar surface area (TPSA) is 50.3 Å². The second kappa shape index (κ2) is 5.51. The third-order valence-corrected chi connectivity index (χ3v) is 3.54. The molecule has 0 amide bonds. The quantitative estimate of drug-likeness (QED) is 0.910. The van der Waals surface area contributed by atoms with E-state index in [0.29, 0.717) is 31.9 Å². The van der Waals surface area contributed by atoms with Gasteiger partial charge in [0.25, 0.3) is 0 Å². The molecule has 2 rings (SSSR count). The summed E-state index contributed by atoms with van der Waals surface area (Å²) in [6.07, 6.45) is -3.39. The van der Waals surface area contributed by atoms with E-state index in [9.17, 15) is 13.2 Å². The lowest BCUT2D eigenvalue weighted by Gasteiger charge is -2.36. The van der Waals surface area contributed by atoms with Crippen molar-refractivity contribution in [3.63, 3.8) is 0 Å². The van der Waals surface area contributed by atoms with Crippen LogP contribution in [0.25, 0.3) is 0 Å². The summed E-state index contributed by atoms with van der Waals surface area (Å²) in [5, 5.41) is 4.34. The molecule has 20 heavy (non-hydrogen) atoms. The monoisotopic (exact) mass is 291 g/mol. The van der Waals surface area contributed by atoms with E-state index < -0.39 is 12.7 Å². The number of piperazine rings is 1. The van der Waals surface area contributed by atoms with Crippen LogP contribution >= 0.6 is 0 Å². The van der Waals surface area contributed by atoms with Crippen molar-refractivity contribution in [3.8, 4) is 0 Å². The summed E-state index contributed by atoms with van der Waals surface area (Å²) in [6, 6.07) is 0. The second-order valence-corrected chi connectivity index (χ2v) is 5.04. The van der Waals surface area contributed by atoms with E-state index in [1.54, 1.807) is 4.68 Å². The molecule has 0 spiro atoms. The molecule has 1 aliphatic heterocycles. The van der Waals surface area contributed by atoms with Gasteiger partial charge in [0.05, 0.1) is 17.9 Å². The van der Waals surface area contributed by atoms with Crippen LogP contribution in [0.4, 0.5) is 24.7 Å². The van der Waals surface area contributed by atoms with Gasteiger partial charge in [0.2, 0.25) is 0 Å². The Labute approximate surface area is 116 Å². The lowest BCUT2D eigenvalue weighted by molar-refractivity contribution is -0.146. The summed E-state index contributed by atoms with van der Waals surface area (Å²) in [4.78, 5) is 3.43. The molecule has 2 heterocycles. The Morgan fingerprint density at radius 3 is 2.25 bits per heavy atom. The largest absolute Gasteiger partial charge is 0.401 e. The van der Waals surface area contributed by atoms with Gasteiger partial charge in [0, 0.05) is 33.2 Å². The number of hydrogen-bond donors (Lipinski definition) is 1. The maximum absolute atomic E-state index is 12.3. The lowest BCUT2D eigenvalue weighted by Crippen LogP contribution is -2.49. The van der Waals surface area contributed by atoms with Crippen molar-refractivity contribution in [1.29, 1.82) is 0 Å². The minimum atomic E-state index is -4.14. The van der Waals surface area contributed by atoms with Gasteiger partial charge in [-0.05, 0) is 6.42 Å². The molecule has 0 unspecified atom stereocenters. The van der Waals surface area contributed by atoms with Gasteiger partial charge in [-0.3, -0.25) is 9.58 Å². The predicted molar refractivity (Wildman–Crippen MR) is 71.7 cm³/mol. The number of alkyl halides is 3. The molecule has 114 valence electrons. The number of rotatable bonds is 3. The highest BCUT2D eigenvalue weighted by Crippen LogP contribution is 2.27. The molecule has 0 aromatic carbocycles. The highest BCUT2D eigenvalue weighted by molar-refractivity contribution is 5.66. The number of halogens is 3. The Bertz CT molecular complexity index is 460. The van der Waals surface area contributed by atoms with Gasteiger partial charge in [0.1, 0.15) is 5.82 Å². The molecule has 0 atom stereocenters. The fraction of sp³-hybridized carbons (Fsp3) is 0.750. The zero-order valence-corrected chi connectivity index (χ0v) is 11.7. The third kappa shape index (κ3) is 3.17. The van der Waals surface area contributed by atoms with Crippen LogP contribution in [0.15, 0.2) is 0 Å². The van der Waals surface area contributed by atoms with Crippen molar-refractivity contribution >= 4 is 11.5 Å². The van der Waals surface area contributed by atoms with Crippen LogP contribution in [0.5, 0.6) is 0 Å². The van der Waals surface area contributed by atoms with E-state index in [1.165, 1.54) is 4.90 Å². The molecule has 2 N–H and O–H groups in total. The minimum absolute atomic E-state index is 0.381. The van der Waals surface area contributed by atoms with Gasteiger partial charge in [-0.2, -0.15) is 18.3 Å². The summed E-state index contributed by atoms with van der Waals surface area (Å²) >= 11 is 0. The van der Waals surface area contributed by atoms with Crippen LogP contribution in [-0.2, 0) is 13.5 Å². The van der Waals surface area contributed by atoms with E-state index in [2.05, 4.69) is 5.10 Å². The first kappa shape index (κ1) is 15.0. The number of aryl methyl sites for hydroxylation is 2. The maximum atomic E-state index is 12.3. The first-order valence-corrected chi connectivity index (χ1v) is 6.67. The number of nitrogens with two attached hydrogens (primary N) is 1. The highest BCUT2D eigenvalue weighted by Gasteiger charge is 2.32. The zero-order chi connectivity index (χ0) is 14.9. The van der Waals surface area contributed by atoms with Gasteiger partial charge in [-0.25, -0.2) is 0 Å². The summed E-state index contributed by atoms with van der Waals surface area (Å²) in [7, 11) is 1.81. The molecule has 0 radical (unpaired) electrons. The predicted octanol–water partition coefficient (Wildman–Crippen LogP) is 1.25. The molecular formula is C12H20F3N5. The molecule has 1 fully saturated rings. The van der Waals surface area contributed by atoms with Gasteiger partial charge >= 0.3 is 6.18 Å². The van der Waals surface area contributed by atoms with Crippen molar-refractivity contribution in [2.24, 2.45) is 7.05 Å². The molecule has 0 bridgehead atoms. The number of aromatic nitrogens is 2. The van der Waals surface area contributed by atoms with Crippen LogP contribution in [-0.4, -0.2) is 53.6 Å². The summed E-state index contributed by atoms with van der Waals surface area (Å²) in [5.41, 5.74) is 7.54. The highest BCUT2D eigenvalue weighted by atomic mass is 19.4. The van der Waals surface area contributed by atoms with E-state index >= 15 is 0 Å². The normalized spacial score (nSPS) is 17.8. The SMILES string of the molecule is CCc1nn(C)c(N2CCN(CC(F)(F)F)CC2)c1N. The third-order valence-electron chi connectivity index (χ3n) is 3.54. The van der Waals surface area contributed by atoms with Crippen molar-refractivity contribution in [3.05, 3.63) is 5.69 Å². The maximum Gasteiger partial charge on any atom is 0.401 e. The van der Waals surface area contributed by atoms with Crippen molar-refractivity contribution in [1.82, 2.24) is 14.7 Å². The van der Waals surface area contributed by atoms with Crippen molar-refractivity contribution in [2.75, 3.05) is 43.4 Å². The Morgan fingerprint density at radius 1 is 1.20 bits per heavy atom. The van der Waals surface area contributed by atoms with Crippen LogP contribution in [0.3, 0.4) is 0 Å².